The molecule has 2 aliphatic heterocycles. The Balaban J connectivity index is 1.75. The third kappa shape index (κ3) is 2.65. The molecule has 3 heterocycles. The third-order valence-electron chi connectivity index (χ3n) is 4.76. The molecular weight excluding hydrogens is 296 g/mol. The number of aromatic nitrogens is 1. The lowest BCUT2D eigenvalue weighted by atomic mass is 10.2. The largest absolute Gasteiger partial charge is 0.510 e. The first-order valence-electron chi connectivity index (χ1n) is 7.95. The minimum Gasteiger partial charge on any atom is -0.510 e. The van der Waals surface area contributed by atoms with Gasteiger partial charge in [-0.15, -0.1) is 11.3 Å². The van der Waals surface area contributed by atoms with Crippen molar-refractivity contribution in [2.24, 2.45) is 0 Å². The van der Waals surface area contributed by atoms with E-state index in [0.717, 1.165) is 35.2 Å². The molecule has 6 heteroatoms. The van der Waals surface area contributed by atoms with E-state index in [1.807, 2.05) is 18.7 Å². The quantitative estimate of drug-likeness (QED) is 0.895. The molecule has 1 fully saturated rings. The Morgan fingerprint density at radius 1 is 1.41 bits per heavy atom. The van der Waals surface area contributed by atoms with E-state index in [2.05, 4.69) is 16.8 Å². The van der Waals surface area contributed by atoms with E-state index in [1.165, 1.54) is 12.8 Å². The summed E-state index contributed by atoms with van der Waals surface area (Å²) in [6, 6.07) is 0.497. The zero-order valence-electron chi connectivity index (χ0n) is 13.5. The summed E-state index contributed by atoms with van der Waals surface area (Å²) in [5, 5.41) is 19.6. The van der Waals surface area contributed by atoms with Gasteiger partial charge in [-0.1, -0.05) is 6.92 Å². The predicted molar refractivity (Wildman–Crippen MR) is 90.7 cm³/mol. The number of hydrogen-bond donors (Lipinski definition) is 2. The predicted octanol–water partition coefficient (Wildman–Crippen LogP) is 2.81. The van der Waals surface area contributed by atoms with E-state index in [9.17, 15) is 5.11 Å². The van der Waals surface area contributed by atoms with Crippen LogP contribution >= 0.6 is 11.3 Å². The van der Waals surface area contributed by atoms with E-state index in [-0.39, 0.29) is 0 Å². The van der Waals surface area contributed by atoms with Crippen LogP contribution in [0.3, 0.4) is 0 Å². The lowest BCUT2D eigenvalue weighted by Gasteiger charge is -2.28. The fourth-order valence-electron chi connectivity index (χ4n) is 3.37. The number of rotatable bonds is 4. The van der Waals surface area contributed by atoms with Crippen LogP contribution in [0.2, 0.25) is 0 Å². The maximum Gasteiger partial charge on any atom is 0.135 e. The number of hydrogen-bond acceptors (Lipinski definition) is 5. The summed E-state index contributed by atoms with van der Waals surface area (Å²) in [5.74, 6) is 0.717. The molecule has 0 bridgehead atoms. The molecule has 0 spiro atoms. The van der Waals surface area contributed by atoms with Gasteiger partial charge < -0.3 is 10.0 Å². The van der Waals surface area contributed by atoms with Crippen molar-refractivity contribution in [3.05, 3.63) is 21.3 Å². The van der Waals surface area contributed by atoms with Gasteiger partial charge in [0.15, 0.2) is 0 Å². The normalized spacial score (nSPS) is 23.1. The molecule has 0 aromatic carbocycles. The maximum atomic E-state index is 10.3. The highest BCUT2D eigenvalue weighted by molar-refractivity contribution is 7.13. The van der Waals surface area contributed by atoms with E-state index in [1.54, 1.807) is 11.3 Å². The molecule has 2 N–H and O–H groups in total. The molecule has 0 saturated carbocycles. The monoisotopic (exact) mass is 320 g/mol. The summed E-state index contributed by atoms with van der Waals surface area (Å²) in [5.41, 5.74) is 1.61. The summed E-state index contributed by atoms with van der Waals surface area (Å²) < 4.78 is 0. The van der Waals surface area contributed by atoms with Crippen LogP contribution in [-0.4, -0.2) is 57.9 Å². The second-order valence-electron chi connectivity index (χ2n) is 6.14. The Hall–Kier alpha value is -1.40. The van der Waals surface area contributed by atoms with Crippen LogP contribution in [-0.2, 0) is 0 Å². The highest BCUT2D eigenvalue weighted by Gasteiger charge is 2.34. The second kappa shape index (κ2) is 6.01. The molecule has 5 nitrogen and oxygen atoms in total. The van der Waals surface area contributed by atoms with Gasteiger partial charge >= 0.3 is 0 Å². The van der Waals surface area contributed by atoms with Gasteiger partial charge in [-0.3, -0.25) is 10.3 Å². The lowest BCUT2D eigenvalue weighted by Crippen LogP contribution is -2.41. The van der Waals surface area contributed by atoms with Gasteiger partial charge in [-0.2, -0.15) is 0 Å². The molecule has 1 atom stereocenters. The number of likely N-dealkylation sites (N-methyl/N-ethyl adjacent to an activating group) is 1. The highest BCUT2D eigenvalue weighted by atomic mass is 32.1. The molecule has 1 aromatic rings. The first kappa shape index (κ1) is 15.5. The van der Waals surface area contributed by atoms with Crippen molar-refractivity contribution >= 4 is 22.7 Å². The van der Waals surface area contributed by atoms with Crippen LogP contribution in [0.15, 0.2) is 5.76 Å². The van der Waals surface area contributed by atoms with Gasteiger partial charge in [0.1, 0.15) is 16.6 Å². The van der Waals surface area contributed by atoms with E-state index in [4.69, 9.17) is 5.41 Å². The van der Waals surface area contributed by atoms with Crippen LogP contribution < -0.4 is 0 Å². The fourth-order valence-corrected chi connectivity index (χ4v) is 4.35. The van der Waals surface area contributed by atoms with Crippen LogP contribution in [0.4, 0.5) is 0 Å². The molecule has 1 saturated heterocycles. The Bertz CT molecular complexity index is 602. The third-order valence-corrected chi connectivity index (χ3v) is 5.85. The van der Waals surface area contributed by atoms with Crippen molar-refractivity contribution < 1.29 is 5.11 Å². The van der Waals surface area contributed by atoms with E-state index >= 15 is 0 Å². The Labute approximate surface area is 135 Å². The molecule has 0 amide bonds. The van der Waals surface area contributed by atoms with Gasteiger partial charge in [0.25, 0.3) is 0 Å². The number of nitrogens with one attached hydrogen (secondary N) is 1. The fraction of sp³-hybridized carbons (Fsp3) is 0.625. The van der Waals surface area contributed by atoms with Crippen molar-refractivity contribution in [2.75, 3.05) is 26.2 Å². The summed E-state index contributed by atoms with van der Waals surface area (Å²) in [6.45, 7) is 9.67. The van der Waals surface area contributed by atoms with Gasteiger partial charge in [0.05, 0.1) is 17.8 Å². The van der Waals surface area contributed by atoms with Crippen LogP contribution in [0.1, 0.15) is 35.3 Å². The average molecular weight is 320 g/mol. The van der Waals surface area contributed by atoms with E-state index in [0.29, 0.717) is 29.8 Å². The first-order valence-corrected chi connectivity index (χ1v) is 8.77. The van der Waals surface area contributed by atoms with Crippen LogP contribution in [0.5, 0.6) is 0 Å². The van der Waals surface area contributed by atoms with Crippen molar-refractivity contribution in [2.45, 2.75) is 39.7 Å². The van der Waals surface area contributed by atoms with Gasteiger partial charge in [0, 0.05) is 17.5 Å². The minimum atomic E-state index is 0.291. The molecular formula is C16H24N4OS. The number of nitrogens with zero attached hydrogens (tertiary/aromatic N) is 3. The van der Waals surface area contributed by atoms with Gasteiger partial charge in [-0.05, 0) is 39.8 Å². The Morgan fingerprint density at radius 2 is 2.18 bits per heavy atom. The molecule has 1 aromatic heterocycles. The standard InChI is InChI=1S/C16H24N4OS/c1-4-19-7-5-6-12(19)8-20-9-13(21)14(15(20)17)16-18-10(2)11(3)22-16/h12,17,21H,4-9H2,1-3H3/t12-/m1/s1. The van der Waals surface area contributed by atoms with Crippen molar-refractivity contribution in [3.8, 4) is 0 Å². The molecule has 22 heavy (non-hydrogen) atoms. The minimum absolute atomic E-state index is 0.291. The molecule has 0 aliphatic carbocycles. The number of amidine groups is 1. The first-order chi connectivity index (χ1) is 10.5. The topological polar surface area (TPSA) is 63.5 Å². The smallest absolute Gasteiger partial charge is 0.135 e. The zero-order valence-corrected chi connectivity index (χ0v) is 14.3. The van der Waals surface area contributed by atoms with Crippen molar-refractivity contribution in [1.82, 2.24) is 14.8 Å². The zero-order chi connectivity index (χ0) is 15.9. The Morgan fingerprint density at radius 3 is 2.82 bits per heavy atom. The molecule has 120 valence electrons. The number of thiazole rings is 1. The van der Waals surface area contributed by atoms with Crippen molar-refractivity contribution in [3.63, 3.8) is 0 Å². The molecule has 0 unspecified atom stereocenters. The molecule has 0 radical (unpaired) electrons. The maximum absolute atomic E-state index is 10.3. The second-order valence-corrected chi connectivity index (χ2v) is 7.34. The van der Waals surface area contributed by atoms with Crippen LogP contribution in [0.25, 0.3) is 5.57 Å². The summed E-state index contributed by atoms with van der Waals surface area (Å²) in [7, 11) is 0. The van der Waals surface area contributed by atoms with E-state index < -0.39 is 0 Å². The molecule has 2 aliphatic rings. The van der Waals surface area contributed by atoms with Crippen molar-refractivity contribution in [1.29, 1.82) is 5.41 Å². The Kier molecular flexibility index (Phi) is 4.23. The number of likely N-dealkylation sites (tertiary alicyclic amines) is 1. The number of aliphatic hydroxyl groups excluding tert-OH is 1. The summed E-state index contributed by atoms with van der Waals surface area (Å²) >= 11 is 1.56. The number of aryl methyl sites for hydroxylation is 2. The highest BCUT2D eigenvalue weighted by Crippen LogP contribution is 2.32. The van der Waals surface area contributed by atoms with Gasteiger partial charge in [0.2, 0.25) is 0 Å². The SMILES string of the molecule is CCN1CCC[C@@H]1CN1CC(O)=C(c2nc(C)c(C)s2)C1=N. The number of aliphatic hydroxyl groups is 1. The van der Waals surface area contributed by atoms with Crippen LogP contribution in [0, 0.1) is 19.3 Å². The summed E-state index contributed by atoms with van der Waals surface area (Å²) in [4.78, 5) is 10.1. The molecule has 3 rings (SSSR count). The summed E-state index contributed by atoms with van der Waals surface area (Å²) in [6.07, 6.45) is 2.42. The lowest BCUT2D eigenvalue weighted by molar-refractivity contribution is 0.222. The average Bonchev–Trinajstić information content (AvgIpc) is 3.12. The van der Waals surface area contributed by atoms with Gasteiger partial charge in [-0.25, -0.2) is 4.98 Å².